The first-order chi connectivity index (χ1) is 7.75. The van der Waals surface area contributed by atoms with Crippen LogP contribution in [0.3, 0.4) is 0 Å². The van der Waals surface area contributed by atoms with Gasteiger partial charge in [-0.25, -0.2) is 0 Å². The predicted molar refractivity (Wildman–Crippen MR) is 73.8 cm³/mol. The van der Waals surface area contributed by atoms with Gasteiger partial charge in [-0.05, 0) is 49.8 Å². The highest BCUT2D eigenvalue weighted by Gasteiger charge is 2.09. The standard InChI is InChI=1S/C14H18BrN/c1-11-7-8-13(9-14(11)15)16-10-12-5-3-2-4-6-12/h2-3,7-9,12,16H,4-6,10H2,1H3. The molecule has 1 N–H and O–H groups in total. The number of benzene rings is 1. The van der Waals surface area contributed by atoms with Gasteiger partial charge in [0.1, 0.15) is 0 Å². The molecular formula is C14H18BrN. The summed E-state index contributed by atoms with van der Waals surface area (Å²) in [5, 5.41) is 3.52. The van der Waals surface area contributed by atoms with Crippen LogP contribution in [0.25, 0.3) is 0 Å². The lowest BCUT2D eigenvalue weighted by molar-refractivity contribution is 0.504. The first-order valence-corrected chi connectivity index (χ1v) is 6.70. The fraction of sp³-hybridized carbons (Fsp3) is 0.429. The van der Waals surface area contributed by atoms with E-state index in [0.717, 1.165) is 12.5 Å². The van der Waals surface area contributed by atoms with Gasteiger partial charge in [-0.3, -0.25) is 0 Å². The largest absolute Gasteiger partial charge is 0.385 e. The molecule has 2 rings (SSSR count). The molecule has 0 aliphatic heterocycles. The smallest absolute Gasteiger partial charge is 0.0351 e. The Labute approximate surface area is 106 Å². The molecule has 0 aromatic heterocycles. The summed E-state index contributed by atoms with van der Waals surface area (Å²) in [5.74, 6) is 0.796. The topological polar surface area (TPSA) is 12.0 Å². The minimum Gasteiger partial charge on any atom is -0.385 e. The van der Waals surface area contributed by atoms with Crippen LogP contribution in [-0.2, 0) is 0 Å². The van der Waals surface area contributed by atoms with Crippen LogP contribution in [0.1, 0.15) is 24.8 Å². The summed E-state index contributed by atoms with van der Waals surface area (Å²) in [7, 11) is 0. The van der Waals surface area contributed by atoms with Gasteiger partial charge in [0, 0.05) is 16.7 Å². The van der Waals surface area contributed by atoms with Crippen LogP contribution in [0.15, 0.2) is 34.8 Å². The van der Waals surface area contributed by atoms with E-state index in [4.69, 9.17) is 0 Å². The van der Waals surface area contributed by atoms with Crippen molar-refractivity contribution >= 4 is 21.6 Å². The van der Waals surface area contributed by atoms with E-state index in [2.05, 4.69) is 58.5 Å². The molecule has 0 saturated carbocycles. The van der Waals surface area contributed by atoms with Gasteiger partial charge in [-0.2, -0.15) is 0 Å². The summed E-state index contributed by atoms with van der Waals surface area (Å²) in [6.45, 7) is 3.19. The van der Waals surface area contributed by atoms with Crippen LogP contribution in [0.5, 0.6) is 0 Å². The first-order valence-electron chi connectivity index (χ1n) is 5.91. The third kappa shape index (κ3) is 3.11. The lowest BCUT2D eigenvalue weighted by Crippen LogP contribution is -2.15. The van der Waals surface area contributed by atoms with Crippen molar-refractivity contribution in [3.05, 3.63) is 40.4 Å². The maximum Gasteiger partial charge on any atom is 0.0351 e. The minimum absolute atomic E-state index is 0.796. The number of halogens is 1. The zero-order valence-corrected chi connectivity index (χ0v) is 11.3. The van der Waals surface area contributed by atoms with Gasteiger partial charge in [-0.1, -0.05) is 34.1 Å². The van der Waals surface area contributed by atoms with Crippen LogP contribution < -0.4 is 5.32 Å². The van der Waals surface area contributed by atoms with E-state index in [1.807, 2.05) is 0 Å². The maximum atomic E-state index is 3.56. The normalized spacial score (nSPS) is 19.8. The fourth-order valence-electron chi connectivity index (χ4n) is 2.01. The number of hydrogen-bond acceptors (Lipinski definition) is 1. The number of anilines is 1. The average molecular weight is 280 g/mol. The third-order valence-corrected chi connectivity index (χ3v) is 4.00. The van der Waals surface area contributed by atoms with Crippen molar-refractivity contribution in [1.29, 1.82) is 0 Å². The van der Waals surface area contributed by atoms with Crippen molar-refractivity contribution in [2.75, 3.05) is 11.9 Å². The van der Waals surface area contributed by atoms with Crippen LogP contribution in [-0.4, -0.2) is 6.54 Å². The van der Waals surface area contributed by atoms with Gasteiger partial charge in [0.05, 0.1) is 0 Å². The first kappa shape index (κ1) is 11.7. The molecule has 0 bridgehead atoms. The molecule has 1 atom stereocenters. The summed E-state index contributed by atoms with van der Waals surface area (Å²) in [6, 6.07) is 6.46. The number of hydrogen-bond donors (Lipinski definition) is 1. The van der Waals surface area contributed by atoms with Crippen LogP contribution >= 0.6 is 15.9 Å². The summed E-state index contributed by atoms with van der Waals surface area (Å²) in [4.78, 5) is 0. The molecule has 0 spiro atoms. The highest BCUT2D eigenvalue weighted by atomic mass is 79.9. The van der Waals surface area contributed by atoms with Gasteiger partial charge in [0.15, 0.2) is 0 Å². The highest BCUT2D eigenvalue weighted by Crippen LogP contribution is 2.22. The van der Waals surface area contributed by atoms with Crippen molar-refractivity contribution in [1.82, 2.24) is 0 Å². The van der Waals surface area contributed by atoms with Crippen molar-refractivity contribution in [3.8, 4) is 0 Å². The highest BCUT2D eigenvalue weighted by molar-refractivity contribution is 9.10. The Hall–Kier alpha value is -0.760. The summed E-state index contributed by atoms with van der Waals surface area (Å²) in [5.41, 5.74) is 2.50. The molecule has 2 heteroatoms. The molecule has 1 aliphatic carbocycles. The summed E-state index contributed by atoms with van der Waals surface area (Å²) < 4.78 is 1.18. The van der Waals surface area contributed by atoms with E-state index < -0.39 is 0 Å². The van der Waals surface area contributed by atoms with E-state index in [1.54, 1.807) is 0 Å². The molecular weight excluding hydrogens is 262 g/mol. The van der Waals surface area contributed by atoms with Crippen molar-refractivity contribution in [2.24, 2.45) is 5.92 Å². The Balaban J connectivity index is 1.89. The lowest BCUT2D eigenvalue weighted by Gasteiger charge is -2.19. The fourth-order valence-corrected chi connectivity index (χ4v) is 2.39. The van der Waals surface area contributed by atoms with E-state index >= 15 is 0 Å². The van der Waals surface area contributed by atoms with E-state index in [1.165, 1.54) is 35.0 Å². The van der Waals surface area contributed by atoms with Crippen molar-refractivity contribution < 1.29 is 0 Å². The molecule has 1 nitrogen and oxygen atoms in total. The van der Waals surface area contributed by atoms with Crippen molar-refractivity contribution in [2.45, 2.75) is 26.2 Å². The predicted octanol–water partition coefficient (Wildman–Crippen LogP) is 4.53. The second kappa shape index (κ2) is 5.53. The molecule has 0 heterocycles. The summed E-state index contributed by atoms with van der Waals surface area (Å²) in [6.07, 6.45) is 8.38. The van der Waals surface area contributed by atoms with E-state index in [0.29, 0.717) is 0 Å². The maximum absolute atomic E-state index is 3.56. The Kier molecular flexibility index (Phi) is 4.05. The van der Waals surface area contributed by atoms with Crippen LogP contribution in [0.4, 0.5) is 5.69 Å². The van der Waals surface area contributed by atoms with E-state index in [-0.39, 0.29) is 0 Å². The molecule has 1 aromatic carbocycles. The summed E-state index contributed by atoms with van der Waals surface area (Å²) >= 11 is 3.56. The molecule has 1 aliphatic rings. The molecule has 0 amide bonds. The number of nitrogens with one attached hydrogen (secondary N) is 1. The molecule has 86 valence electrons. The monoisotopic (exact) mass is 279 g/mol. The molecule has 1 unspecified atom stereocenters. The van der Waals surface area contributed by atoms with E-state index in [9.17, 15) is 0 Å². The van der Waals surface area contributed by atoms with Gasteiger partial charge >= 0.3 is 0 Å². The molecule has 0 saturated heterocycles. The zero-order valence-electron chi connectivity index (χ0n) is 9.67. The Bertz CT molecular complexity index is 384. The number of allylic oxidation sites excluding steroid dienone is 2. The second-order valence-corrected chi connectivity index (χ2v) is 5.35. The molecule has 1 aromatic rings. The Morgan fingerprint density at radius 3 is 2.94 bits per heavy atom. The quantitative estimate of drug-likeness (QED) is 0.802. The van der Waals surface area contributed by atoms with Gasteiger partial charge in [0.2, 0.25) is 0 Å². The van der Waals surface area contributed by atoms with Gasteiger partial charge in [-0.15, -0.1) is 0 Å². The Morgan fingerprint density at radius 2 is 2.25 bits per heavy atom. The van der Waals surface area contributed by atoms with Gasteiger partial charge < -0.3 is 5.32 Å². The lowest BCUT2D eigenvalue weighted by atomic mass is 9.94. The number of rotatable bonds is 3. The van der Waals surface area contributed by atoms with Crippen LogP contribution in [0.2, 0.25) is 0 Å². The Morgan fingerprint density at radius 1 is 1.38 bits per heavy atom. The molecule has 0 fully saturated rings. The van der Waals surface area contributed by atoms with Crippen LogP contribution in [0, 0.1) is 12.8 Å². The zero-order chi connectivity index (χ0) is 11.4. The van der Waals surface area contributed by atoms with Gasteiger partial charge in [0.25, 0.3) is 0 Å². The minimum atomic E-state index is 0.796. The third-order valence-electron chi connectivity index (χ3n) is 3.14. The molecule has 0 radical (unpaired) electrons. The second-order valence-electron chi connectivity index (χ2n) is 4.50. The molecule has 16 heavy (non-hydrogen) atoms. The number of aryl methyl sites for hydroxylation is 1. The SMILES string of the molecule is Cc1ccc(NCC2CC=CCC2)cc1Br. The van der Waals surface area contributed by atoms with Crippen molar-refractivity contribution in [3.63, 3.8) is 0 Å². The average Bonchev–Trinajstić information content (AvgIpc) is 2.32.